The fourth-order valence-corrected chi connectivity index (χ4v) is 3.86. The molecule has 1 atom stereocenters. The smallest absolute Gasteiger partial charge is 0.406 e. The van der Waals surface area contributed by atoms with Crippen molar-refractivity contribution in [2.24, 2.45) is 5.92 Å². The number of hydrogen-bond acceptors (Lipinski definition) is 4. The molecule has 150 valence electrons. The van der Waals surface area contributed by atoms with Crippen LogP contribution in [-0.2, 0) is 10.0 Å². The monoisotopic (exact) mass is 412 g/mol. The van der Waals surface area contributed by atoms with E-state index in [-0.39, 0.29) is 10.8 Å². The zero-order chi connectivity index (χ0) is 20.9. The molecule has 0 aliphatic rings. The van der Waals surface area contributed by atoms with Crippen LogP contribution in [0.3, 0.4) is 0 Å². The van der Waals surface area contributed by atoms with E-state index in [0.717, 1.165) is 24.3 Å². The van der Waals surface area contributed by atoms with E-state index in [9.17, 15) is 21.6 Å². The third kappa shape index (κ3) is 6.25. The Bertz CT molecular complexity index is 950. The van der Waals surface area contributed by atoms with Crippen LogP contribution in [0, 0.1) is 17.2 Å². The first-order valence-electron chi connectivity index (χ1n) is 8.38. The highest BCUT2D eigenvalue weighted by Crippen LogP contribution is 2.27. The van der Waals surface area contributed by atoms with Crippen LogP contribution in [0.1, 0.15) is 37.4 Å². The molecule has 2 aromatic rings. The molecule has 2 rings (SSSR count). The highest BCUT2D eigenvalue weighted by atomic mass is 32.2. The highest BCUT2D eigenvalue weighted by molar-refractivity contribution is 7.89. The molecule has 1 N–H and O–H groups in total. The summed E-state index contributed by atoms with van der Waals surface area (Å²) < 4.78 is 68.5. The number of alkyl halides is 3. The fraction of sp³-hybridized carbons (Fsp3) is 0.316. The lowest BCUT2D eigenvalue weighted by Crippen LogP contribution is -2.29. The van der Waals surface area contributed by atoms with E-state index in [1.54, 1.807) is 24.3 Å². The Kier molecular flexibility index (Phi) is 6.69. The lowest BCUT2D eigenvalue weighted by atomic mass is 9.97. The predicted octanol–water partition coefficient (Wildman–Crippen LogP) is 4.52. The minimum absolute atomic E-state index is 0.154. The maximum atomic E-state index is 12.7. The topological polar surface area (TPSA) is 79.2 Å². The molecule has 0 saturated heterocycles. The van der Waals surface area contributed by atoms with E-state index < -0.39 is 28.2 Å². The third-order valence-corrected chi connectivity index (χ3v) is 5.28. The summed E-state index contributed by atoms with van der Waals surface area (Å²) in [5.74, 6) is -0.354. The van der Waals surface area contributed by atoms with E-state index in [4.69, 9.17) is 5.26 Å². The molecule has 0 radical (unpaired) electrons. The molecule has 0 fully saturated rings. The normalized spacial score (nSPS) is 13.2. The highest BCUT2D eigenvalue weighted by Gasteiger charge is 2.31. The number of nitrogens with zero attached hydrogens (tertiary/aromatic N) is 1. The van der Waals surface area contributed by atoms with E-state index >= 15 is 0 Å². The maximum Gasteiger partial charge on any atom is 0.573 e. The van der Waals surface area contributed by atoms with Crippen molar-refractivity contribution in [2.75, 3.05) is 0 Å². The number of nitrogens with one attached hydrogen (secondary N) is 1. The van der Waals surface area contributed by atoms with Crippen LogP contribution < -0.4 is 9.46 Å². The molecule has 0 bridgehead atoms. The Labute approximate surface area is 161 Å². The van der Waals surface area contributed by atoms with E-state index in [0.29, 0.717) is 17.5 Å². The van der Waals surface area contributed by atoms with E-state index in [1.165, 1.54) is 0 Å². The number of hydrogen-bond donors (Lipinski definition) is 1. The number of ether oxygens (including phenoxy) is 1. The van der Waals surface area contributed by atoms with E-state index in [2.05, 4.69) is 9.46 Å². The van der Waals surface area contributed by atoms with Gasteiger partial charge in [-0.2, -0.15) is 5.26 Å². The fourth-order valence-electron chi connectivity index (χ4n) is 2.62. The largest absolute Gasteiger partial charge is 0.573 e. The van der Waals surface area contributed by atoms with Gasteiger partial charge in [0.2, 0.25) is 10.0 Å². The molecular formula is C19H19F3N2O3S. The van der Waals surface area contributed by atoms with Gasteiger partial charge in [0.15, 0.2) is 0 Å². The van der Waals surface area contributed by atoms with Crippen molar-refractivity contribution >= 4 is 10.0 Å². The van der Waals surface area contributed by atoms with Gasteiger partial charge in [-0.25, -0.2) is 13.1 Å². The average molecular weight is 412 g/mol. The summed E-state index contributed by atoms with van der Waals surface area (Å²) >= 11 is 0. The number of nitriles is 1. The van der Waals surface area contributed by atoms with Crippen molar-refractivity contribution in [2.45, 2.75) is 37.6 Å². The number of sulfonamides is 1. The van der Waals surface area contributed by atoms with Crippen LogP contribution in [0.25, 0.3) is 0 Å². The first-order chi connectivity index (χ1) is 13.0. The van der Waals surface area contributed by atoms with Crippen LogP contribution in [0.2, 0.25) is 0 Å². The van der Waals surface area contributed by atoms with Gasteiger partial charge >= 0.3 is 6.36 Å². The van der Waals surface area contributed by atoms with Crippen molar-refractivity contribution in [3.63, 3.8) is 0 Å². The van der Waals surface area contributed by atoms with Gasteiger partial charge in [-0.05, 0) is 54.3 Å². The van der Waals surface area contributed by atoms with E-state index in [1.807, 2.05) is 19.9 Å². The summed E-state index contributed by atoms with van der Waals surface area (Å²) in [5, 5.41) is 9.06. The Hall–Kier alpha value is -2.57. The van der Waals surface area contributed by atoms with Crippen LogP contribution in [0.4, 0.5) is 13.2 Å². The summed E-state index contributed by atoms with van der Waals surface area (Å²) in [6.07, 6.45) is -4.38. The van der Waals surface area contributed by atoms with Crippen molar-refractivity contribution < 1.29 is 26.3 Å². The molecule has 0 aromatic heterocycles. The summed E-state index contributed by atoms with van der Waals surface area (Å²) in [4.78, 5) is -0.188. The third-order valence-electron chi connectivity index (χ3n) is 3.79. The van der Waals surface area contributed by atoms with Gasteiger partial charge in [0.25, 0.3) is 0 Å². The first-order valence-corrected chi connectivity index (χ1v) is 9.86. The molecule has 28 heavy (non-hydrogen) atoms. The minimum atomic E-state index is -4.85. The quantitative estimate of drug-likeness (QED) is 0.725. The molecule has 0 aliphatic heterocycles. The molecule has 0 saturated carbocycles. The van der Waals surface area contributed by atoms with Crippen LogP contribution in [0.5, 0.6) is 5.75 Å². The second-order valence-electron chi connectivity index (χ2n) is 6.56. The Morgan fingerprint density at radius 1 is 1.14 bits per heavy atom. The van der Waals surface area contributed by atoms with Gasteiger partial charge < -0.3 is 4.74 Å². The standard InChI is InChI=1S/C19H19F3N2O3S/c1-13(2)10-18(15-5-3-4-14(11-15)12-23)24-28(25,26)17-8-6-16(7-9-17)27-19(20,21)22/h3-9,11,13,18,24H,10H2,1-2H3/t18-/m0/s1. The zero-order valence-corrected chi connectivity index (χ0v) is 16.0. The molecule has 0 unspecified atom stereocenters. The van der Waals surface area contributed by atoms with Crippen molar-refractivity contribution in [1.29, 1.82) is 5.26 Å². The number of rotatable bonds is 7. The Morgan fingerprint density at radius 2 is 1.79 bits per heavy atom. The number of halogens is 3. The van der Waals surface area contributed by atoms with Crippen molar-refractivity contribution in [3.8, 4) is 11.8 Å². The lowest BCUT2D eigenvalue weighted by molar-refractivity contribution is -0.274. The summed E-state index contributed by atoms with van der Waals surface area (Å²) in [6.45, 7) is 3.86. The second-order valence-corrected chi connectivity index (χ2v) is 8.27. The molecule has 0 heterocycles. The first kappa shape index (κ1) is 21.7. The van der Waals surface area contributed by atoms with Gasteiger partial charge in [0.05, 0.1) is 16.5 Å². The van der Waals surface area contributed by atoms with Gasteiger partial charge in [0.1, 0.15) is 5.75 Å². The van der Waals surface area contributed by atoms with Gasteiger partial charge in [0, 0.05) is 6.04 Å². The molecule has 9 heteroatoms. The van der Waals surface area contributed by atoms with Crippen LogP contribution >= 0.6 is 0 Å². The molecule has 0 amide bonds. The Balaban J connectivity index is 2.28. The van der Waals surface area contributed by atoms with Crippen LogP contribution in [0.15, 0.2) is 53.4 Å². The zero-order valence-electron chi connectivity index (χ0n) is 15.2. The lowest BCUT2D eigenvalue weighted by Gasteiger charge is -2.21. The predicted molar refractivity (Wildman–Crippen MR) is 96.8 cm³/mol. The Morgan fingerprint density at radius 3 is 2.32 bits per heavy atom. The van der Waals surface area contributed by atoms with Crippen molar-refractivity contribution in [1.82, 2.24) is 4.72 Å². The summed E-state index contributed by atoms with van der Waals surface area (Å²) in [6, 6.07) is 12.0. The molecule has 0 spiro atoms. The maximum absolute atomic E-state index is 12.7. The SMILES string of the molecule is CC(C)C[C@H](NS(=O)(=O)c1ccc(OC(F)(F)F)cc1)c1cccc(C#N)c1. The molecule has 2 aromatic carbocycles. The minimum Gasteiger partial charge on any atom is -0.406 e. The summed E-state index contributed by atoms with van der Waals surface area (Å²) in [7, 11) is -4.00. The van der Waals surface area contributed by atoms with Crippen molar-refractivity contribution in [3.05, 3.63) is 59.7 Å². The molecule has 0 aliphatic carbocycles. The number of benzene rings is 2. The van der Waals surface area contributed by atoms with Crippen LogP contribution in [-0.4, -0.2) is 14.8 Å². The second kappa shape index (κ2) is 8.63. The molecule has 5 nitrogen and oxygen atoms in total. The average Bonchev–Trinajstić information content (AvgIpc) is 2.59. The summed E-state index contributed by atoms with van der Waals surface area (Å²) in [5.41, 5.74) is 1.03. The van der Waals surface area contributed by atoms with Gasteiger partial charge in [-0.1, -0.05) is 26.0 Å². The van der Waals surface area contributed by atoms with Gasteiger partial charge in [-0.3, -0.25) is 0 Å². The van der Waals surface area contributed by atoms with Gasteiger partial charge in [-0.15, -0.1) is 13.2 Å². The molecular weight excluding hydrogens is 393 g/mol.